The minimum Gasteiger partial charge on any atom is -0.477 e. The van der Waals surface area contributed by atoms with E-state index in [4.69, 9.17) is 5.11 Å². The molecule has 1 aromatic rings. The van der Waals surface area contributed by atoms with Crippen LogP contribution in [0.3, 0.4) is 0 Å². The Bertz CT molecular complexity index is 304. The second-order valence-corrected chi connectivity index (χ2v) is 3.37. The molecule has 12 heavy (non-hydrogen) atoms. The molecule has 0 heterocycles. The average Bonchev–Trinajstić information content (AvgIpc) is 2.06. The zero-order valence-electron chi connectivity index (χ0n) is 6.20. The van der Waals surface area contributed by atoms with Crippen molar-refractivity contribution in [3.05, 3.63) is 39.5 Å². The Morgan fingerprint density at radius 2 is 1.92 bits per heavy atom. The maximum Gasteiger partial charge on any atom is 0.341 e. The van der Waals surface area contributed by atoms with Gasteiger partial charge in [-0.1, -0.05) is 30.3 Å². The molecule has 0 fully saturated rings. The summed E-state index contributed by atoms with van der Waals surface area (Å²) in [6.07, 6.45) is 1.63. The van der Waals surface area contributed by atoms with Crippen molar-refractivity contribution in [3.63, 3.8) is 0 Å². The number of halogens is 1. The van der Waals surface area contributed by atoms with Gasteiger partial charge in [-0.3, -0.25) is 0 Å². The lowest BCUT2D eigenvalue weighted by molar-refractivity contribution is -0.131. The number of hydrogen-bond acceptors (Lipinski definition) is 1. The zero-order chi connectivity index (χ0) is 8.97. The van der Waals surface area contributed by atoms with Crippen LogP contribution >= 0.6 is 22.6 Å². The summed E-state index contributed by atoms with van der Waals surface area (Å²) in [4.78, 5) is 10.4. The molecule has 3 heteroatoms. The molecule has 0 radical (unpaired) electrons. The van der Waals surface area contributed by atoms with Crippen LogP contribution in [-0.4, -0.2) is 11.1 Å². The second-order valence-electron chi connectivity index (χ2n) is 2.21. The fourth-order valence-electron chi connectivity index (χ4n) is 0.757. The van der Waals surface area contributed by atoms with Crippen molar-refractivity contribution in [2.24, 2.45) is 0 Å². The van der Waals surface area contributed by atoms with Crippen LogP contribution < -0.4 is 0 Å². The third-order valence-corrected chi connectivity index (χ3v) is 2.07. The highest BCUT2D eigenvalue weighted by atomic mass is 127. The van der Waals surface area contributed by atoms with Crippen LogP contribution in [0.25, 0.3) is 6.08 Å². The Kier molecular flexibility index (Phi) is 3.28. The molecule has 0 atom stereocenters. The zero-order valence-corrected chi connectivity index (χ0v) is 8.36. The number of rotatable bonds is 2. The number of aliphatic carboxylic acids is 1. The van der Waals surface area contributed by atoms with E-state index in [2.05, 4.69) is 0 Å². The number of hydrogen-bond donors (Lipinski definition) is 1. The predicted molar refractivity (Wildman–Crippen MR) is 56.1 cm³/mol. The normalized spacial score (nSPS) is 11.2. The van der Waals surface area contributed by atoms with Crippen molar-refractivity contribution in [1.29, 1.82) is 0 Å². The quantitative estimate of drug-likeness (QED) is 0.664. The third-order valence-electron chi connectivity index (χ3n) is 1.30. The van der Waals surface area contributed by atoms with Gasteiger partial charge in [-0.25, -0.2) is 4.79 Å². The molecular formula is C9H7IO2. The van der Waals surface area contributed by atoms with Gasteiger partial charge in [0.2, 0.25) is 0 Å². The molecule has 1 N–H and O–H groups in total. The monoisotopic (exact) mass is 274 g/mol. The van der Waals surface area contributed by atoms with Gasteiger partial charge in [-0.2, -0.15) is 0 Å². The Morgan fingerprint density at radius 3 is 2.42 bits per heavy atom. The molecule has 0 saturated carbocycles. The summed E-state index contributed by atoms with van der Waals surface area (Å²) >= 11 is 1.80. The average molecular weight is 274 g/mol. The van der Waals surface area contributed by atoms with Gasteiger partial charge in [0.15, 0.2) is 0 Å². The van der Waals surface area contributed by atoms with E-state index in [1.807, 2.05) is 30.3 Å². The van der Waals surface area contributed by atoms with Crippen molar-refractivity contribution in [1.82, 2.24) is 0 Å². The van der Waals surface area contributed by atoms with E-state index in [1.54, 1.807) is 28.7 Å². The van der Waals surface area contributed by atoms with Gasteiger partial charge in [0.25, 0.3) is 0 Å². The van der Waals surface area contributed by atoms with E-state index in [9.17, 15) is 4.79 Å². The van der Waals surface area contributed by atoms with Gasteiger partial charge in [0, 0.05) is 0 Å². The van der Waals surface area contributed by atoms with Crippen molar-refractivity contribution in [2.75, 3.05) is 0 Å². The largest absolute Gasteiger partial charge is 0.477 e. The standard InChI is InChI=1S/C9H7IO2/c10-8(9(11)12)6-7-4-2-1-3-5-7/h1-6H,(H,11,12)/b8-6-. The van der Waals surface area contributed by atoms with Crippen molar-refractivity contribution >= 4 is 34.6 Å². The van der Waals surface area contributed by atoms with E-state index in [0.717, 1.165) is 5.56 Å². The molecule has 0 aromatic heterocycles. The first-order valence-corrected chi connectivity index (χ1v) is 4.43. The lowest BCUT2D eigenvalue weighted by atomic mass is 10.2. The van der Waals surface area contributed by atoms with Crippen molar-refractivity contribution in [3.8, 4) is 0 Å². The molecule has 0 unspecified atom stereocenters. The first-order valence-electron chi connectivity index (χ1n) is 3.35. The maximum absolute atomic E-state index is 10.4. The first-order chi connectivity index (χ1) is 5.70. The molecule has 1 aromatic carbocycles. The molecule has 1 rings (SSSR count). The van der Waals surface area contributed by atoms with Crippen molar-refractivity contribution < 1.29 is 9.90 Å². The minimum atomic E-state index is -0.889. The van der Waals surface area contributed by atoms with Crippen LogP contribution in [0, 0.1) is 0 Å². The molecule has 0 aliphatic heterocycles. The Labute approximate surface area is 84.1 Å². The van der Waals surface area contributed by atoms with E-state index in [0.29, 0.717) is 3.58 Å². The first kappa shape index (κ1) is 9.25. The van der Waals surface area contributed by atoms with Crippen LogP contribution in [0.2, 0.25) is 0 Å². The summed E-state index contributed by atoms with van der Waals surface area (Å²) < 4.78 is 0.318. The highest BCUT2D eigenvalue weighted by Gasteiger charge is 2.00. The van der Waals surface area contributed by atoms with Gasteiger partial charge in [0.1, 0.15) is 0 Å². The van der Waals surface area contributed by atoms with Gasteiger partial charge in [-0.05, 0) is 34.2 Å². The summed E-state index contributed by atoms with van der Waals surface area (Å²) in [7, 11) is 0. The molecule has 0 bridgehead atoms. The second kappa shape index (κ2) is 4.25. The van der Waals surface area contributed by atoms with Crippen LogP contribution in [0.1, 0.15) is 5.56 Å². The van der Waals surface area contributed by atoms with Crippen LogP contribution in [0.15, 0.2) is 33.9 Å². The van der Waals surface area contributed by atoms with Crippen LogP contribution in [-0.2, 0) is 4.79 Å². The number of carbonyl (C=O) groups is 1. The predicted octanol–water partition coefficient (Wildman–Crippen LogP) is 2.55. The van der Waals surface area contributed by atoms with Crippen LogP contribution in [0.5, 0.6) is 0 Å². The number of carboxylic acids is 1. The highest BCUT2D eigenvalue weighted by Crippen LogP contribution is 2.12. The molecule has 0 aliphatic rings. The van der Waals surface area contributed by atoms with Crippen LogP contribution in [0.4, 0.5) is 0 Å². The molecule has 62 valence electrons. The Hall–Kier alpha value is -0.840. The van der Waals surface area contributed by atoms with E-state index in [-0.39, 0.29) is 0 Å². The topological polar surface area (TPSA) is 37.3 Å². The number of benzene rings is 1. The summed E-state index contributed by atoms with van der Waals surface area (Å²) in [6, 6.07) is 9.36. The molecule has 0 spiro atoms. The van der Waals surface area contributed by atoms with E-state index in [1.165, 1.54) is 0 Å². The van der Waals surface area contributed by atoms with Gasteiger partial charge >= 0.3 is 5.97 Å². The third kappa shape index (κ3) is 2.65. The summed E-state index contributed by atoms with van der Waals surface area (Å²) in [5.74, 6) is -0.889. The minimum absolute atomic E-state index is 0.318. The molecule has 0 aliphatic carbocycles. The van der Waals surface area contributed by atoms with Gasteiger partial charge in [-0.15, -0.1) is 0 Å². The SMILES string of the molecule is O=C(O)/C(I)=C/c1ccccc1. The summed E-state index contributed by atoms with van der Waals surface area (Å²) in [5, 5.41) is 8.57. The van der Waals surface area contributed by atoms with Gasteiger partial charge < -0.3 is 5.11 Å². The summed E-state index contributed by atoms with van der Waals surface area (Å²) in [5.41, 5.74) is 0.907. The smallest absolute Gasteiger partial charge is 0.341 e. The fourth-order valence-corrected chi connectivity index (χ4v) is 1.12. The molecule has 0 amide bonds. The molecule has 0 saturated heterocycles. The molecule has 2 nitrogen and oxygen atoms in total. The number of carboxylic acid groups (broad SMARTS) is 1. The Balaban J connectivity index is 2.89. The highest BCUT2D eigenvalue weighted by molar-refractivity contribution is 14.1. The van der Waals surface area contributed by atoms with E-state index >= 15 is 0 Å². The summed E-state index contributed by atoms with van der Waals surface area (Å²) in [6.45, 7) is 0. The Morgan fingerprint density at radius 1 is 1.33 bits per heavy atom. The van der Waals surface area contributed by atoms with E-state index < -0.39 is 5.97 Å². The lowest BCUT2D eigenvalue weighted by Crippen LogP contribution is -1.92. The van der Waals surface area contributed by atoms with Crippen molar-refractivity contribution in [2.45, 2.75) is 0 Å². The molecular weight excluding hydrogens is 267 g/mol. The van der Waals surface area contributed by atoms with Gasteiger partial charge in [0.05, 0.1) is 3.58 Å². The fraction of sp³-hybridized carbons (Fsp3) is 0. The maximum atomic E-state index is 10.4. The lowest BCUT2D eigenvalue weighted by Gasteiger charge is -1.92.